The predicted octanol–water partition coefficient (Wildman–Crippen LogP) is 4.21. The lowest BCUT2D eigenvalue weighted by molar-refractivity contribution is -0.137. The molecule has 0 atom stereocenters. The summed E-state index contributed by atoms with van der Waals surface area (Å²) >= 11 is 5.79. The first kappa shape index (κ1) is 19.7. The van der Waals surface area contributed by atoms with Crippen molar-refractivity contribution in [3.05, 3.63) is 64.4 Å². The molecule has 2 rings (SSSR count). The van der Waals surface area contributed by atoms with E-state index < -0.39 is 41.6 Å². The molecule has 4 nitrogen and oxygen atoms in total. The maximum absolute atomic E-state index is 13.0. The van der Waals surface area contributed by atoms with E-state index >= 15 is 0 Å². The highest BCUT2D eigenvalue weighted by molar-refractivity contribution is 6.33. The number of hydrogen-bond donors (Lipinski definition) is 1. The van der Waals surface area contributed by atoms with E-state index in [-0.39, 0.29) is 10.6 Å². The molecule has 0 unspecified atom stereocenters. The van der Waals surface area contributed by atoms with Gasteiger partial charge in [-0.2, -0.15) is 13.2 Å². The molecule has 2 aromatic rings. The van der Waals surface area contributed by atoms with Crippen molar-refractivity contribution >= 4 is 29.1 Å². The van der Waals surface area contributed by atoms with Gasteiger partial charge in [0.05, 0.1) is 28.4 Å². The highest BCUT2D eigenvalue weighted by atomic mass is 35.5. The molecule has 0 bridgehead atoms. The van der Waals surface area contributed by atoms with Crippen molar-refractivity contribution in [1.29, 1.82) is 0 Å². The molecule has 0 saturated carbocycles. The fraction of sp³-hybridized carbons (Fsp3) is 0.176. The molecule has 1 N–H and O–H groups in total. The van der Waals surface area contributed by atoms with Gasteiger partial charge in [-0.1, -0.05) is 23.7 Å². The number of nitrogens with zero attached hydrogens (tertiary/aromatic N) is 1. The van der Waals surface area contributed by atoms with Gasteiger partial charge in [0.2, 0.25) is 5.91 Å². The molecule has 0 spiro atoms. The Morgan fingerprint density at radius 3 is 2.42 bits per heavy atom. The van der Waals surface area contributed by atoms with E-state index in [0.717, 1.165) is 35.2 Å². The summed E-state index contributed by atoms with van der Waals surface area (Å²) in [7, 11) is 1.28. The third kappa shape index (κ3) is 4.72. The van der Waals surface area contributed by atoms with Gasteiger partial charge < -0.3 is 10.2 Å². The third-order valence-electron chi connectivity index (χ3n) is 3.40. The molecule has 0 aromatic heterocycles. The SMILES string of the molecule is CN(CC(=O)Nc1ccccc1C(F)(F)F)C(=O)c1ccc(F)cc1Cl. The lowest BCUT2D eigenvalue weighted by atomic mass is 10.1. The number of nitrogens with one attached hydrogen (secondary N) is 1. The Bertz CT molecular complexity index is 840. The molecule has 0 aliphatic heterocycles. The number of carbonyl (C=O) groups is 2. The van der Waals surface area contributed by atoms with Gasteiger partial charge >= 0.3 is 6.18 Å². The van der Waals surface area contributed by atoms with Crippen LogP contribution in [0.25, 0.3) is 0 Å². The van der Waals surface area contributed by atoms with Gasteiger partial charge in [-0.3, -0.25) is 9.59 Å². The molecule has 2 amide bonds. The summed E-state index contributed by atoms with van der Waals surface area (Å²) < 4.78 is 51.8. The number of anilines is 1. The zero-order valence-corrected chi connectivity index (χ0v) is 14.2. The molecule has 0 saturated heterocycles. The van der Waals surface area contributed by atoms with Crippen molar-refractivity contribution in [1.82, 2.24) is 4.90 Å². The fourth-order valence-electron chi connectivity index (χ4n) is 2.18. The minimum atomic E-state index is -4.63. The number of benzene rings is 2. The van der Waals surface area contributed by atoms with Gasteiger partial charge in [0.1, 0.15) is 5.82 Å². The van der Waals surface area contributed by atoms with Crippen LogP contribution in [0.3, 0.4) is 0 Å². The highest BCUT2D eigenvalue weighted by Crippen LogP contribution is 2.34. The number of halogens is 5. The summed E-state index contributed by atoms with van der Waals surface area (Å²) in [6, 6.07) is 7.63. The van der Waals surface area contributed by atoms with Crippen LogP contribution in [0.1, 0.15) is 15.9 Å². The Hall–Kier alpha value is -2.61. The van der Waals surface area contributed by atoms with E-state index in [4.69, 9.17) is 11.6 Å². The quantitative estimate of drug-likeness (QED) is 0.798. The van der Waals surface area contributed by atoms with E-state index in [1.807, 2.05) is 0 Å². The Morgan fingerprint density at radius 2 is 1.81 bits per heavy atom. The zero-order chi connectivity index (χ0) is 19.5. The molecular formula is C17H13ClF4N2O2. The zero-order valence-electron chi connectivity index (χ0n) is 13.4. The van der Waals surface area contributed by atoms with Crippen LogP contribution in [-0.4, -0.2) is 30.3 Å². The lowest BCUT2D eigenvalue weighted by Crippen LogP contribution is -2.35. The standard InChI is InChI=1S/C17H13ClF4N2O2/c1-24(16(26)11-7-6-10(19)8-13(11)18)9-15(25)23-14-5-3-2-4-12(14)17(20,21)22/h2-8H,9H2,1H3,(H,23,25). The number of carbonyl (C=O) groups excluding carboxylic acids is 2. The van der Waals surface area contributed by atoms with Gasteiger partial charge in [0.25, 0.3) is 5.91 Å². The molecule has 0 heterocycles. The van der Waals surface area contributed by atoms with Gasteiger partial charge in [-0.05, 0) is 30.3 Å². The normalized spacial score (nSPS) is 11.2. The molecule has 9 heteroatoms. The molecule has 0 radical (unpaired) electrons. The number of rotatable bonds is 4. The third-order valence-corrected chi connectivity index (χ3v) is 3.71. The van der Waals surface area contributed by atoms with Crippen LogP contribution in [0.2, 0.25) is 5.02 Å². The number of hydrogen-bond acceptors (Lipinski definition) is 2. The summed E-state index contributed by atoms with van der Waals surface area (Å²) in [4.78, 5) is 25.2. The van der Waals surface area contributed by atoms with Crippen molar-refractivity contribution in [3.8, 4) is 0 Å². The van der Waals surface area contributed by atoms with Gasteiger partial charge in [0, 0.05) is 7.05 Å². The van der Waals surface area contributed by atoms with Crippen LogP contribution < -0.4 is 5.32 Å². The molecule has 0 aliphatic rings. The molecule has 26 heavy (non-hydrogen) atoms. The second kappa shape index (κ2) is 7.74. The van der Waals surface area contributed by atoms with Crippen molar-refractivity contribution in [2.45, 2.75) is 6.18 Å². The summed E-state index contributed by atoms with van der Waals surface area (Å²) in [6.45, 7) is -0.515. The van der Waals surface area contributed by atoms with Crippen LogP contribution in [0.4, 0.5) is 23.2 Å². The first-order valence-corrected chi connectivity index (χ1v) is 7.64. The van der Waals surface area contributed by atoms with Crippen molar-refractivity contribution < 1.29 is 27.2 Å². The Balaban J connectivity index is 2.09. The van der Waals surface area contributed by atoms with Gasteiger partial charge in [0.15, 0.2) is 0 Å². The van der Waals surface area contributed by atoms with Gasteiger partial charge in [-0.25, -0.2) is 4.39 Å². The summed E-state index contributed by atoms with van der Waals surface area (Å²) in [5.41, 5.74) is -1.44. The van der Waals surface area contributed by atoms with E-state index in [0.29, 0.717) is 0 Å². The molecule has 0 aliphatic carbocycles. The second-order valence-electron chi connectivity index (χ2n) is 5.38. The van der Waals surface area contributed by atoms with E-state index in [1.54, 1.807) is 0 Å². The van der Waals surface area contributed by atoms with Crippen LogP contribution in [-0.2, 0) is 11.0 Å². The first-order valence-electron chi connectivity index (χ1n) is 7.26. The predicted molar refractivity (Wildman–Crippen MR) is 88.4 cm³/mol. The highest BCUT2D eigenvalue weighted by Gasteiger charge is 2.33. The van der Waals surface area contributed by atoms with Crippen molar-refractivity contribution in [3.63, 3.8) is 0 Å². The topological polar surface area (TPSA) is 49.4 Å². The first-order chi connectivity index (χ1) is 12.1. The monoisotopic (exact) mass is 388 g/mol. The second-order valence-corrected chi connectivity index (χ2v) is 5.78. The Morgan fingerprint density at radius 1 is 1.15 bits per heavy atom. The minimum absolute atomic E-state index is 0.0286. The summed E-state index contributed by atoms with van der Waals surface area (Å²) in [6.07, 6.45) is -4.63. The van der Waals surface area contributed by atoms with Crippen LogP contribution >= 0.6 is 11.6 Å². The molecule has 138 valence electrons. The average molecular weight is 389 g/mol. The smallest absolute Gasteiger partial charge is 0.332 e. The number of likely N-dealkylation sites (N-methyl/N-ethyl adjacent to an activating group) is 1. The largest absolute Gasteiger partial charge is 0.418 e. The lowest BCUT2D eigenvalue weighted by Gasteiger charge is -2.19. The maximum Gasteiger partial charge on any atom is 0.418 e. The number of alkyl halides is 3. The van der Waals surface area contributed by atoms with Crippen molar-refractivity contribution in [2.75, 3.05) is 18.9 Å². The average Bonchev–Trinajstić information content (AvgIpc) is 2.53. The minimum Gasteiger partial charge on any atom is -0.332 e. The number of para-hydroxylation sites is 1. The van der Waals surface area contributed by atoms with E-state index in [9.17, 15) is 27.2 Å². The summed E-state index contributed by atoms with van der Waals surface area (Å²) in [5, 5.41) is 2.00. The van der Waals surface area contributed by atoms with Crippen LogP contribution in [0, 0.1) is 5.82 Å². The molecular weight excluding hydrogens is 376 g/mol. The van der Waals surface area contributed by atoms with Gasteiger partial charge in [-0.15, -0.1) is 0 Å². The van der Waals surface area contributed by atoms with Crippen molar-refractivity contribution in [2.24, 2.45) is 0 Å². The van der Waals surface area contributed by atoms with E-state index in [1.165, 1.54) is 19.2 Å². The number of amides is 2. The maximum atomic E-state index is 13.0. The summed E-state index contributed by atoms with van der Waals surface area (Å²) in [5.74, 6) is -2.12. The van der Waals surface area contributed by atoms with Crippen LogP contribution in [0.15, 0.2) is 42.5 Å². The Labute approximate surface area is 151 Å². The van der Waals surface area contributed by atoms with E-state index in [2.05, 4.69) is 5.32 Å². The molecule has 2 aromatic carbocycles. The molecule has 0 fully saturated rings. The van der Waals surface area contributed by atoms with Crippen LogP contribution in [0.5, 0.6) is 0 Å². The fourth-order valence-corrected chi connectivity index (χ4v) is 2.43. The Kier molecular flexibility index (Phi) is 5.86.